The van der Waals surface area contributed by atoms with Crippen molar-refractivity contribution in [2.45, 2.75) is 17.8 Å². The van der Waals surface area contributed by atoms with E-state index < -0.39 is 15.7 Å². The number of amidine groups is 1. The van der Waals surface area contributed by atoms with E-state index in [4.69, 9.17) is 16.3 Å². The number of benzene rings is 2. The zero-order valence-corrected chi connectivity index (χ0v) is 17.8. The van der Waals surface area contributed by atoms with Crippen molar-refractivity contribution in [1.29, 1.82) is 0 Å². The molecule has 29 heavy (non-hydrogen) atoms. The molecule has 152 valence electrons. The van der Waals surface area contributed by atoms with E-state index in [9.17, 15) is 13.2 Å². The van der Waals surface area contributed by atoms with Crippen molar-refractivity contribution < 1.29 is 17.9 Å². The minimum atomic E-state index is -3.07. The molecule has 2 aliphatic heterocycles. The highest BCUT2D eigenvalue weighted by molar-refractivity contribution is 8.15. The van der Waals surface area contributed by atoms with Crippen molar-refractivity contribution in [3.63, 3.8) is 0 Å². The summed E-state index contributed by atoms with van der Waals surface area (Å²) in [6.45, 7) is 0.313. The van der Waals surface area contributed by atoms with Gasteiger partial charge in [0.25, 0.3) is 5.91 Å². The average Bonchev–Trinajstić information content (AvgIpc) is 3.14. The van der Waals surface area contributed by atoms with Gasteiger partial charge in [-0.05, 0) is 29.8 Å². The molecule has 2 aromatic rings. The summed E-state index contributed by atoms with van der Waals surface area (Å²) in [4.78, 5) is 18.6. The maximum atomic E-state index is 12.4. The Balaban J connectivity index is 1.49. The van der Waals surface area contributed by atoms with Gasteiger partial charge in [-0.25, -0.2) is 8.42 Å². The fourth-order valence-electron chi connectivity index (χ4n) is 3.42. The zero-order chi connectivity index (χ0) is 20.4. The number of carbonyl (C=O) groups is 1. The van der Waals surface area contributed by atoms with E-state index in [0.29, 0.717) is 22.5 Å². The highest BCUT2D eigenvalue weighted by Gasteiger charge is 2.48. The first kappa shape index (κ1) is 20.3. The molecule has 2 atom stereocenters. The summed E-state index contributed by atoms with van der Waals surface area (Å²) < 4.78 is 29.6. The van der Waals surface area contributed by atoms with E-state index in [2.05, 4.69) is 4.99 Å². The summed E-state index contributed by atoms with van der Waals surface area (Å²) in [5.74, 6) is 0.322. The van der Waals surface area contributed by atoms with Crippen molar-refractivity contribution in [2.24, 2.45) is 4.99 Å². The molecule has 2 heterocycles. The van der Waals surface area contributed by atoms with Crippen LogP contribution in [0.5, 0.6) is 5.75 Å². The van der Waals surface area contributed by atoms with Gasteiger partial charge < -0.3 is 9.64 Å². The van der Waals surface area contributed by atoms with Crippen molar-refractivity contribution >= 4 is 44.3 Å². The Morgan fingerprint density at radius 2 is 1.86 bits per heavy atom. The summed E-state index contributed by atoms with van der Waals surface area (Å²) >= 11 is 7.21. The van der Waals surface area contributed by atoms with E-state index in [1.54, 1.807) is 24.3 Å². The molecule has 0 unspecified atom stereocenters. The van der Waals surface area contributed by atoms with Crippen LogP contribution in [0.2, 0.25) is 5.02 Å². The first-order valence-electron chi connectivity index (χ1n) is 9.07. The van der Waals surface area contributed by atoms with Gasteiger partial charge in [0.15, 0.2) is 21.6 Å². The molecule has 0 N–H and O–H groups in total. The van der Waals surface area contributed by atoms with Gasteiger partial charge >= 0.3 is 0 Å². The van der Waals surface area contributed by atoms with Crippen LogP contribution in [0.25, 0.3) is 0 Å². The fourth-order valence-corrected chi connectivity index (χ4v) is 7.51. The van der Waals surface area contributed by atoms with E-state index >= 15 is 0 Å². The minimum Gasteiger partial charge on any atom is -0.484 e. The number of rotatable bonds is 5. The Morgan fingerprint density at radius 3 is 2.59 bits per heavy atom. The van der Waals surface area contributed by atoms with Crippen molar-refractivity contribution in [2.75, 3.05) is 18.1 Å². The van der Waals surface area contributed by atoms with Crippen molar-refractivity contribution in [3.8, 4) is 5.75 Å². The molecular weight excluding hydrogens is 432 g/mol. The van der Waals surface area contributed by atoms with Gasteiger partial charge in [0.1, 0.15) is 5.75 Å². The number of sulfone groups is 1. The fraction of sp³-hybridized carbons (Fsp3) is 0.300. The Morgan fingerprint density at radius 1 is 1.14 bits per heavy atom. The number of halogens is 1. The summed E-state index contributed by atoms with van der Waals surface area (Å²) in [5.41, 5.74) is 1.04. The molecule has 2 aromatic carbocycles. The normalized spacial score (nSPS) is 23.9. The molecule has 0 aliphatic carbocycles. The highest BCUT2D eigenvalue weighted by Crippen LogP contribution is 2.39. The number of fused-ring (bicyclic) bond motifs is 1. The third kappa shape index (κ3) is 4.94. The van der Waals surface area contributed by atoms with Gasteiger partial charge in [0.2, 0.25) is 0 Å². The average molecular weight is 451 g/mol. The molecule has 0 aromatic heterocycles. The number of hydrogen-bond donors (Lipinski definition) is 0. The first-order chi connectivity index (χ1) is 13.9. The van der Waals surface area contributed by atoms with Crippen LogP contribution in [0.3, 0.4) is 0 Å². The largest absolute Gasteiger partial charge is 0.484 e. The predicted molar refractivity (Wildman–Crippen MR) is 115 cm³/mol. The monoisotopic (exact) mass is 450 g/mol. The zero-order valence-electron chi connectivity index (χ0n) is 15.4. The van der Waals surface area contributed by atoms with Crippen LogP contribution in [0, 0.1) is 0 Å². The number of thioether (sulfide) groups is 1. The predicted octanol–water partition coefficient (Wildman–Crippen LogP) is 3.02. The topological polar surface area (TPSA) is 76.0 Å². The number of nitrogens with zero attached hydrogens (tertiary/aromatic N) is 2. The smallest absolute Gasteiger partial charge is 0.285 e. The van der Waals surface area contributed by atoms with Crippen molar-refractivity contribution in [1.82, 2.24) is 4.90 Å². The Hall–Kier alpha value is -2.03. The summed E-state index contributed by atoms with van der Waals surface area (Å²) in [5, 5.41) is 1.04. The van der Waals surface area contributed by atoms with Crippen LogP contribution in [-0.4, -0.2) is 53.8 Å². The lowest BCUT2D eigenvalue weighted by atomic mass is 10.1. The van der Waals surface area contributed by atoms with Crippen LogP contribution in [-0.2, 0) is 21.2 Å². The van der Waals surface area contributed by atoms with Gasteiger partial charge in [-0.3, -0.25) is 4.79 Å². The molecular formula is C20H19ClN2O4S2. The standard InChI is InChI=1S/C20H19ClN2O4S2/c21-15-6-8-16(9-7-15)27-11-19(24)22-20-23(10-14-4-2-1-3-5-14)17-12-29(25,26)13-18(17)28-20/h1-9,17-18H,10-13H2/t17-,18-/m0/s1. The number of amides is 1. The lowest BCUT2D eigenvalue weighted by molar-refractivity contribution is -0.119. The number of aliphatic imine (C=N–C) groups is 1. The Kier molecular flexibility index (Phi) is 5.85. The molecule has 0 radical (unpaired) electrons. The van der Waals surface area contributed by atoms with Gasteiger partial charge in [0.05, 0.1) is 17.5 Å². The summed E-state index contributed by atoms with van der Waals surface area (Å²) in [6.07, 6.45) is 0. The van der Waals surface area contributed by atoms with Crippen LogP contribution in [0.4, 0.5) is 0 Å². The maximum absolute atomic E-state index is 12.4. The lowest BCUT2D eigenvalue weighted by Crippen LogP contribution is -2.37. The molecule has 0 spiro atoms. The van der Waals surface area contributed by atoms with Gasteiger partial charge in [-0.2, -0.15) is 4.99 Å². The van der Waals surface area contributed by atoms with Crippen LogP contribution in [0.15, 0.2) is 59.6 Å². The maximum Gasteiger partial charge on any atom is 0.285 e. The number of carbonyl (C=O) groups excluding carboxylic acids is 1. The molecule has 1 amide bonds. The van der Waals surface area contributed by atoms with Crippen LogP contribution >= 0.6 is 23.4 Å². The molecule has 4 rings (SSSR count). The molecule has 0 bridgehead atoms. The molecule has 2 saturated heterocycles. The highest BCUT2D eigenvalue weighted by atomic mass is 35.5. The second-order valence-electron chi connectivity index (χ2n) is 6.94. The third-order valence-corrected chi connectivity index (χ3v) is 8.27. The molecule has 2 aliphatic rings. The number of hydrogen-bond acceptors (Lipinski definition) is 5. The SMILES string of the molecule is O=C(COc1ccc(Cl)cc1)N=C1S[C@H]2CS(=O)(=O)C[C@@H]2N1Cc1ccccc1. The van der Waals surface area contributed by atoms with E-state index in [0.717, 1.165) is 5.56 Å². The van der Waals surface area contributed by atoms with Crippen LogP contribution in [0.1, 0.15) is 5.56 Å². The Labute approximate surface area is 178 Å². The van der Waals surface area contributed by atoms with Crippen molar-refractivity contribution in [3.05, 3.63) is 65.2 Å². The molecule has 6 nitrogen and oxygen atoms in total. The summed E-state index contributed by atoms with van der Waals surface area (Å²) in [6, 6.07) is 16.3. The minimum absolute atomic E-state index is 0.0893. The second kappa shape index (κ2) is 8.38. The van der Waals surface area contributed by atoms with E-state index in [1.165, 1.54) is 11.8 Å². The quantitative estimate of drug-likeness (QED) is 0.697. The Bertz CT molecular complexity index is 1030. The van der Waals surface area contributed by atoms with E-state index in [1.807, 2.05) is 35.2 Å². The van der Waals surface area contributed by atoms with Crippen LogP contribution < -0.4 is 4.74 Å². The van der Waals surface area contributed by atoms with Gasteiger partial charge in [-0.15, -0.1) is 0 Å². The van der Waals surface area contributed by atoms with Gasteiger partial charge in [0, 0.05) is 16.8 Å². The number of ether oxygens (including phenoxy) is 1. The molecule has 9 heteroatoms. The van der Waals surface area contributed by atoms with Gasteiger partial charge in [-0.1, -0.05) is 53.7 Å². The molecule has 0 saturated carbocycles. The summed E-state index contributed by atoms with van der Waals surface area (Å²) in [7, 11) is -3.07. The van der Waals surface area contributed by atoms with E-state index in [-0.39, 0.29) is 29.4 Å². The third-order valence-electron chi connectivity index (χ3n) is 4.77. The first-order valence-corrected chi connectivity index (χ1v) is 12.1. The lowest BCUT2D eigenvalue weighted by Gasteiger charge is -2.24. The second-order valence-corrected chi connectivity index (χ2v) is 10.7. The molecule has 2 fully saturated rings.